The van der Waals surface area contributed by atoms with Crippen LogP contribution in [0.3, 0.4) is 0 Å². The first-order valence-electron chi connectivity index (χ1n) is 13.4. The molecule has 0 radical (unpaired) electrons. The fourth-order valence-corrected chi connectivity index (χ4v) is 8.52. The summed E-state index contributed by atoms with van der Waals surface area (Å²) in [6.07, 6.45) is -0.636. The number of allylic oxidation sites excluding steroid dienone is 1. The van der Waals surface area contributed by atoms with Crippen molar-refractivity contribution in [1.29, 1.82) is 0 Å². The number of aliphatic hydroxyl groups is 6. The quantitative estimate of drug-likeness (QED) is 0.343. The monoisotopic (exact) mass is 494 g/mol. The molecule has 0 aromatic carbocycles. The smallest absolute Gasteiger partial charge is 0.159 e. The fourth-order valence-electron chi connectivity index (χ4n) is 8.52. The minimum atomic E-state index is -1.48. The number of fused-ring (bicyclic) bond motifs is 5. The van der Waals surface area contributed by atoms with Crippen molar-refractivity contribution in [3.63, 3.8) is 0 Å². The largest absolute Gasteiger partial charge is 0.392 e. The summed E-state index contributed by atoms with van der Waals surface area (Å²) in [5.74, 6) is -1.17. The lowest BCUT2D eigenvalue weighted by Gasteiger charge is -2.62. The zero-order chi connectivity index (χ0) is 26.3. The lowest BCUT2D eigenvalue weighted by molar-refractivity contribution is -0.197. The molecule has 7 nitrogen and oxygen atoms in total. The maximum atomic E-state index is 13.3. The van der Waals surface area contributed by atoms with Gasteiger partial charge in [-0.05, 0) is 80.3 Å². The van der Waals surface area contributed by atoms with Gasteiger partial charge >= 0.3 is 0 Å². The minimum Gasteiger partial charge on any atom is -0.392 e. The molecule has 4 aliphatic rings. The average molecular weight is 495 g/mol. The number of rotatable bonds is 5. The molecule has 0 aliphatic heterocycles. The van der Waals surface area contributed by atoms with Gasteiger partial charge in [-0.2, -0.15) is 0 Å². The summed E-state index contributed by atoms with van der Waals surface area (Å²) in [5.41, 5.74) is -4.14. The summed E-state index contributed by atoms with van der Waals surface area (Å²) < 4.78 is 0. The Hall–Kier alpha value is -0.830. The van der Waals surface area contributed by atoms with Gasteiger partial charge in [-0.25, -0.2) is 0 Å². The van der Waals surface area contributed by atoms with E-state index < -0.39 is 64.2 Å². The Morgan fingerprint density at radius 3 is 2.31 bits per heavy atom. The fraction of sp³-hybridized carbons (Fsp3) is 0.893. The lowest BCUT2D eigenvalue weighted by Crippen LogP contribution is -2.66. The molecule has 4 rings (SSSR count). The molecule has 200 valence electrons. The molecule has 35 heavy (non-hydrogen) atoms. The van der Waals surface area contributed by atoms with Crippen LogP contribution in [0.4, 0.5) is 0 Å². The van der Waals surface area contributed by atoms with Crippen LogP contribution in [-0.4, -0.2) is 72.0 Å². The number of hydrogen-bond acceptors (Lipinski definition) is 7. The highest BCUT2D eigenvalue weighted by atomic mass is 16.3. The summed E-state index contributed by atoms with van der Waals surface area (Å²) in [4.78, 5) is 13.3. The third-order valence-corrected chi connectivity index (χ3v) is 11.2. The number of carbonyl (C=O) groups excluding carboxylic acids is 1. The molecular weight excluding hydrogens is 448 g/mol. The van der Waals surface area contributed by atoms with Crippen molar-refractivity contribution in [2.75, 3.05) is 0 Å². The van der Waals surface area contributed by atoms with Crippen LogP contribution in [0, 0.1) is 40.4 Å². The molecule has 12 unspecified atom stereocenters. The first-order chi connectivity index (χ1) is 16.0. The summed E-state index contributed by atoms with van der Waals surface area (Å²) in [7, 11) is 0. The molecular formula is C28H46O7. The molecule has 0 saturated heterocycles. The zero-order valence-corrected chi connectivity index (χ0v) is 22.1. The Morgan fingerprint density at radius 1 is 1.09 bits per heavy atom. The van der Waals surface area contributed by atoms with Crippen LogP contribution in [-0.2, 0) is 4.79 Å². The predicted molar refractivity (Wildman–Crippen MR) is 131 cm³/mol. The van der Waals surface area contributed by atoms with Crippen molar-refractivity contribution in [2.45, 2.75) is 116 Å². The third-order valence-electron chi connectivity index (χ3n) is 11.2. The number of carbonyl (C=O) groups is 1. The van der Waals surface area contributed by atoms with Gasteiger partial charge < -0.3 is 30.6 Å². The summed E-state index contributed by atoms with van der Waals surface area (Å²) in [5, 5.41) is 67.4. The van der Waals surface area contributed by atoms with Gasteiger partial charge in [0.1, 0.15) is 0 Å². The average Bonchev–Trinajstić information content (AvgIpc) is 3.01. The maximum absolute atomic E-state index is 13.3. The normalized spacial score (nSPS) is 48.9. The first kappa shape index (κ1) is 27.2. The summed E-state index contributed by atoms with van der Waals surface area (Å²) >= 11 is 0. The van der Waals surface area contributed by atoms with E-state index in [2.05, 4.69) is 20.8 Å². The highest BCUT2D eigenvalue weighted by Crippen LogP contribution is 2.68. The topological polar surface area (TPSA) is 138 Å². The molecule has 0 spiro atoms. The van der Waals surface area contributed by atoms with Crippen molar-refractivity contribution >= 4 is 5.78 Å². The Morgan fingerprint density at radius 2 is 1.71 bits per heavy atom. The van der Waals surface area contributed by atoms with E-state index in [-0.39, 0.29) is 31.0 Å². The standard InChI is InChI=1S/C28H46O7/c1-14(2)15(3)9-23(33)27(6,34)22-7-8-28(35)17-11-18(29)16-10-19(30)20(31)12-25(16,4)24(17)21(32)13-26(22,28)5/h11,14-16,19-24,30-35H,7-10,12-13H2,1-6H3. The van der Waals surface area contributed by atoms with Crippen molar-refractivity contribution < 1.29 is 35.4 Å². The van der Waals surface area contributed by atoms with Gasteiger partial charge in [-0.3, -0.25) is 4.79 Å². The molecule has 7 heteroatoms. The van der Waals surface area contributed by atoms with E-state index in [1.165, 1.54) is 6.08 Å². The van der Waals surface area contributed by atoms with Crippen LogP contribution in [0.1, 0.15) is 80.1 Å². The highest BCUT2D eigenvalue weighted by molar-refractivity contribution is 5.95. The molecule has 4 aliphatic carbocycles. The van der Waals surface area contributed by atoms with E-state index >= 15 is 0 Å². The van der Waals surface area contributed by atoms with Crippen molar-refractivity contribution in [2.24, 2.45) is 40.4 Å². The second kappa shape index (κ2) is 8.60. The number of aliphatic hydroxyl groups excluding tert-OH is 4. The van der Waals surface area contributed by atoms with E-state index in [9.17, 15) is 35.4 Å². The van der Waals surface area contributed by atoms with Crippen LogP contribution >= 0.6 is 0 Å². The van der Waals surface area contributed by atoms with E-state index in [0.29, 0.717) is 30.8 Å². The van der Waals surface area contributed by atoms with E-state index in [4.69, 9.17) is 0 Å². The van der Waals surface area contributed by atoms with Crippen LogP contribution in [0.25, 0.3) is 0 Å². The Kier molecular flexibility index (Phi) is 6.69. The zero-order valence-electron chi connectivity index (χ0n) is 22.1. The second-order valence-corrected chi connectivity index (χ2v) is 13.5. The Balaban J connectivity index is 1.72. The highest BCUT2D eigenvalue weighted by Gasteiger charge is 2.71. The van der Waals surface area contributed by atoms with E-state index in [1.54, 1.807) is 6.92 Å². The molecule has 3 saturated carbocycles. The minimum absolute atomic E-state index is 0.136. The summed E-state index contributed by atoms with van der Waals surface area (Å²) in [6, 6.07) is 0. The lowest BCUT2D eigenvalue weighted by atomic mass is 9.44. The predicted octanol–water partition coefficient (Wildman–Crippen LogP) is 1.96. The SMILES string of the molecule is CC(C)C(C)CC(O)C(C)(O)C1CCC2(O)C3=CC(=O)C4CC(O)C(O)CC4(C)C3C(O)CC12C. The molecule has 0 aromatic rings. The van der Waals surface area contributed by atoms with Crippen LogP contribution < -0.4 is 0 Å². The van der Waals surface area contributed by atoms with Gasteiger partial charge in [-0.1, -0.05) is 34.6 Å². The second-order valence-electron chi connectivity index (χ2n) is 13.5. The molecule has 0 heterocycles. The first-order valence-corrected chi connectivity index (χ1v) is 13.4. The van der Waals surface area contributed by atoms with Gasteiger partial charge in [0.05, 0.1) is 35.6 Å². The van der Waals surface area contributed by atoms with Crippen molar-refractivity contribution in [3.05, 3.63) is 11.6 Å². The van der Waals surface area contributed by atoms with Gasteiger partial charge in [0.25, 0.3) is 0 Å². The number of hydrogen-bond donors (Lipinski definition) is 6. The molecule has 0 bridgehead atoms. The van der Waals surface area contributed by atoms with Crippen molar-refractivity contribution in [3.8, 4) is 0 Å². The van der Waals surface area contributed by atoms with Gasteiger partial charge in [0.2, 0.25) is 0 Å². The third kappa shape index (κ3) is 3.79. The molecule has 3 fully saturated rings. The van der Waals surface area contributed by atoms with Crippen LogP contribution in [0.2, 0.25) is 0 Å². The molecule has 12 atom stereocenters. The molecule has 0 amide bonds. The van der Waals surface area contributed by atoms with Gasteiger partial charge in [-0.15, -0.1) is 0 Å². The Labute approximate surface area is 209 Å². The van der Waals surface area contributed by atoms with Crippen LogP contribution in [0.15, 0.2) is 11.6 Å². The number of ketones is 1. The molecule has 6 N–H and O–H groups in total. The van der Waals surface area contributed by atoms with E-state index in [0.717, 1.165) is 0 Å². The van der Waals surface area contributed by atoms with Crippen molar-refractivity contribution in [1.82, 2.24) is 0 Å². The van der Waals surface area contributed by atoms with E-state index in [1.807, 2.05) is 13.8 Å². The van der Waals surface area contributed by atoms with Crippen LogP contribution in [0.5, 0.6) is 0 Å². The molecule has 0 aromatic heterocycles. The maximum Gasteiger partial charge on any atom is 0.159 e. The van der Waals surface area contributed by atoms with Gasteiger partial charge in [0.15, 0.2) is 5.78 Å². The summed E-state index contributed by atoms with van der Waals surface area (Å²) in [6.45, 7) is 11.6. The van der Waals surface area contributed by atoms with Gasteiger partial charge in [0, 0.05) is 17.3 Å². The Bertz CT molecular complexity index is 883.